The minimum absolute atomic E-state index is 0.0391. The van der Waals surface area contributed by atoms with E-state index in [-0.39, 0.29) is 25.0 Å². The van der Waals surface area contributed by atoms with Crippen molar-refractivity contribution in [3.8, 4) is 0 Å². The monoisotopic (exact) mass is 554 g/mol. The Labute approximate surface area is 209 Å². The number of aliphatic hydroxyl groups excluding tert-OH is 2. The minimum atomic E-state index is -2.17. The predicted molar refractivity (Wildman–Crippen MR) is 124 cm³/mol. The summed E-state index contributed by atoms with van der Waals surface area (Å²) in [6.45, 7) is 3.50. The number of carbonyl (C=O) groups is 4. The molecule has 4 N–H and O–H groups in total. The van der Waals surface area contributed by atoms with Crippen LogP contribution in [-0.2, 0) is 19.2 Å². The summed E-state index contributed by atoms with van der Waals surface area (Å²) in [6, 6.07) is 0. The number of hydrogen-bond acceptors (Lipinski definition) is 6. The van der Waals surface area contributed by atoms with Crippen molar-refractivity contribution in [3.63, 3.8) is 0 Å². The zero-order valence-corrected chi connectivity index (χ0v) is 20.9. The van der Waals surface area contributed by atoms with Gasteiger partial charge in [-0.1, -0.05) is 24.6 Å². The van der Waals surface area contributed by atoms with Gasteiger partial charge in [0, 0.05) is 5.41 Å². The van der Waals surface area contributed by atoms with E-state index in [0.717, 1.165) is 5.57 Å². The summed E-state index contributed by atoms with van der Waals surface area (Å²) in [5.74, 6) is -5.20. The molecule has 0 saturated heterocycles. The smallest absolute Gasteiger partial charge is 0.333 e. The van der Waals surface area contributed by atoms with Crippen molar-refractivity contribution >= 4 is 39.4 Å². The fourth-order valence-electron chi connectivity index (χ4n) is 7.41. The molecule has 35 heavy (non-hydrogen) atoms. The third kappa shape index (κ3) is 3.51. The number of allylic oxidation sites excluding steroid dienone is 6. The van der Waals surface area contributed by atoms with E-state index in [1.54, 1.807) is 13.0 Å². The van der Waals surface area contributed by atoms with E-state index in [9.17, 15) is 34.5 Å². The van der Waals surface area contributed by atoms with E-state index in [1.807, 2.05) is 13.0 Å². The van der Waals surface area contributed by atoms with Crippen LogP contribution in [0.2, 0.25) is 0 Å². The van der Waals surface area contributed by atoms with E-state index in [1.165, 1.54) is 6.08 Å². The Morgan fingerprint density at radius 1 is 1.20 bits per heavy atom. The lowest BCUT2D eigenvalue weighted by atomic mass is 9.48. The van der Waals surface area contributed by atoms with Gasteiger partial charge in [0.15, 0.2) is 17.7 Å². The summed E-state index contributed by atoms with van der Waals surface area (Å²) >= 11 is 3.26. The second kappa shape index (κ2) is 8.45. The van der Waals surface area contributed by atoms with Crippen LogP contribution in [-0.4, -0.2) is 62.3 Å². The van der Waals surface area contributed by atoms with Crippen molar-refractivity contribution in [1.82, 2.24) is 0 Å². The molecule has 4 aliphatic rings. The van der Waals surface area contributed by atoms with Gasteiger partial charge in [-0.15, -0.1) is 0 Å². The molecule has 2 saturated carbocycles. The van der Waals surface area contributed by atoms with Crippen LogP contribution in [0.1, 0.15) is 46.0 Å². The molecule has 4 rings (SSSR count). The molecule has 190 valence electrons. The van der Waals surface area contributed by atoms with Gasteiger partial charge in [0.1, 0.15) is 12.3 Å². The van der Waals surface area contributed by atoms with Crippen LogP contribution < -0.4 is 0 Å². The first-order chi connectivity index (χ1) is 16.2. The summed E-state index contributed by atoms with van der Waals surface area (Å²) in [5, 5.41) is 40.1. The number of carboxylic acid groups (broad SMARTS) is 2. The van der Waals surface area contributed by atoms with Crippen LogP contribution in [0.15, 0.2) is 33.9 Å². The lowest BCUT2D eigenvalue weighted by Gasteiger charge is -2.56. The van der Waals surface area contributed by atoms with Gasteiger partial charge >= 0.3 is 11.9 Å². The highest BCUT2D eigenvalue weighted by Gasteiger charge is 2.69. The Morgan fingerprint density at radius 3 is 2.46 bits per heavy atom. The Hall–Kier alpha value is -2.17. The number of aliphatic hydroxyl groups is 2. The maximum absolute atomic E-state index is 15.5. The standard InChI is InChI=1S/C25H28BrFO8/c1-23-10-15(26)17(28)8-14(23)16(27)7-11-12(23)3-5-24(2)13(11)4-6-25(24,21(33)22(34)35)20(32)18(29)9-19(30)31/h3,8,10-11,13,16,18,21,29,33H,4-7,9H2,1-2H3,(H,30,31)(H,34,35)/t11-,13+,16-,18?,21?,23-,24+,25-/m1/s1. The van der Waals surface area contributed by atoms with Gasteiger partial charge in [-0.2, -0.15) is 0 Å². The van der Waals surface area contributed by atoms with Crippen molar-refractivity contribution in [2.45, 2.75) is 64.3 Å². The predicted octanol–water partition coefficient (Wildman–Crippen LogP) is 2.72. The van der Waals surface area contributed by atoms with Crippen LogP contribution in [0.3, 0.4) is 0 Å². The Morgan fingerprint density at radius 2 is 1.86 bits per heavy atom. The second-order valence-corrected chi connectivity index (χ2v) is 11.4. The summed E-state index contributed by atoms with van der Waals surface area (Å²) in [6.07, 6.45) is -1.23. The van der Waals surface area contributed by atoms with Crippen molar-refractivity contribution in [3.05, 3.63) is 33.9 Å². The van der Waals surface area contributed by atoms with Gasteiger partial charge in [-0.3, -0.25) is 14.4 Å². The molecule has 0 radical (unpaired) electrons. The first-order valence-electron chi connectivity index (χ1n) is 11.5. The van der Waals surface area contributed by atoms with Gasteiger partial charge in [-0.05, 0) is 77.4 Å². The second-order valence-electron chi connectivity index (χ2n) is 10.6. The summed E-state index contributed by atoms with van der Waals surface area (Å²) in [5.41, 5.74) is -2.75. The normalized spacial score (nSPS) is 39.8. The van der Waals surface area contributed by atoms with Gasteiger partial charge in [0.2, 0.25) is 0 Å². The lowest BCUT2D eigenvalue weighted by molar-refractivity contribution is -0.176. The van der Waals surface area contributed by atoms with Crippen LogP contribution in [0.5, 0.6) is 0 Å². The van der Waals surface area contributed by atoms with E-state index >= 15 is 4.39 Å². The molecule has 0 bridgehead atoms. The van der Waals surface area contributed by atoms with E-state index in [2.05, 4.69) is 15.9 Å². The Balaban J connectivity index is 1.84. The first-order valence-corrected chi connectivity index (χ1v) is 12.3. The van der Waals surface area contributed by atoms with Gasteiger partial charge in [0.05, 0.1) is 16.3 Å². The number of Topliss-reactive ketones (excluding diaryl/α,β-unsaturated/α-hetero) is 1. The fraction of sp³-hybridized carbons (Fsp3) is 0.600. The molecule has 10 heteroatoms. The average Bonchev–Trinajstić information content (AvgIpc) is 3.08. The number of carboxylic acids is 2. The highest BCUT2D eigenvalue weighted by molar-refractivity contribution is 9.12. The van der Waals surface area contributed by atoms with Gasteiger partial charge in [0.25, 0.3) is 0 Å². The number of halogens is 2. The third-order valence-corrected chi connectivity index (χ3v) is 9.68. The van der Waals surface area contributed by atoms with Crippen molar-refractivity contribution in [2.24, 2.45) is 28.1 Å². The first kappa shape index (κ1) is 25.9. The van der Waals surface area contributed by atoms with E-state index < -0.39 is 70.6 Å². The highest BCUT2D eigenvalue weighted by atomic mass is 79.9. The lowest BCUT2D eigenvalue weighted by Crippen LogP contribution is -2.60. The summed E-state index contributed by atoms with van der Waals surface area (Å²) < 4.78 is 15.8. The quantitative estimate of drug-likeness (QED) is 0.366. The molecule has 0 heterocycles. The molecule has 0 aromatic carbocycles. The zero-order chi connectivity index (χ0) is 26.1. The molecule has 2 unspecified atom stereocenters. The molecule has 0 aliphatic heterocycles. The number of hydrogen-bond donors (Lipinski definition) is 4. The van der Waals surface area contributed by atoms with Crippen LogP contribution in [0, 0.1) is 28.1 Å². The van der Waals surface area contributed by atoms with Crippen molar-refractivity contribution in [1.29, 1.82) is 0 Å². The molecular formula is C25H28BrFO8. The Bertz CT molecular complexity index is 1110. The number of carbonyl (C=O) groups excluding carboxylic acids is 2. The molecule has 2 fully saturated rings. The Kier molecular flexibility index (Phi) is 6.26. The van der Waals surface area contributed by atoms with Crippen molar-refractivity contribution < 1.29 is 44.0 Å². The van der Waals surface area contributed by atoms with Crippen LogP contribution in [0.25, 0.3) is 0 Å². The highest BCUT2D eigenvalue weighted by Crippen LogP contribution is 2.69. The van der Waals surface area contributed by atoms with E-state index in [0.29, 0.717) is 16.5 Å². The SMILES string of the molecule is C[C@]12C=C(Br)C(=O)C=C1[C@H](F)C[C@@H]1C2=CC[C@@]2(C)[C@H]1CC[C@@]2(C(=O)C(O)CC(=O)O)C(O)C(=O)O. The number of fused-ring (bicyclic) bond motifs is 5. The van der Waals surface area contributed by atoms with E-state index in [4.69, 9.17) is 5.11 Å². The molecular weight excluding hydrogens is 527 g/mol. The van der Waals surface area contributed by atoms with Crippen LogP contribution in [0.4, 0.5) is 4.39 Å². The molecule has 4 aliphatic carbocycles. The number of alkyl halides is 1. The number of rotatable bonds is 6. The topological polar surface area (TPSA) is 149 Å². The van der Waals surface area contributed by atoms with Crippen molar-refractivity contribution in [2.75, 3.05) is 0 Å². The largest absolute Gasteiger partial charge is 0.481 e. The maximum Gasteiger partial charge on any atom is 0.333 e. The van der Waals surface area contributed by atoms with Gasteiger partial charge in [-0.25, -0.2) is 9.18 Å². The summed E-state index contributed by atoms with van der Waals surface area (Å²) in [7, 11) is 0. The third-order valence-electron chi connectivity index (χ3n) is 9.06. The molecule has 8 nitrogen and oxygen atoms in total. The maximum atomic E-state index is 15.5. The molecule has 0 aromatic rings. The molecule has 0 spiro atoms. The summed E-state index contributed by atoms with van der Waals surface area (Å²) in [4.78, 5) is 48.8. The molecule has 0 amide bonds. The molecule has 0 aromatic heterocycles. The van der Waals surface area contributed by atoms with Gasteiger partial charge < -0.3 is 20.4 Å². The fourth-order valence-corrected chi connectivity index (χ4v) is 7.99. The number of ketones is 2. The molecule has 8 atom stereocenters. The zero-order valence-electron chi connectivity index (χ0n) is 19.3. The minimum Gasteiger partial charge on any atom is -0.481 e. The van der Waals surface area contributed by atoms with Crippen LogP contribution >= 0.6 is 15.9 Å². The average molecular weight is 555 g/mol. The number of aliphatic carboxylic acids is 2.